The van der Waals surface area contributed by atoms with Crippen molar-refractivity contribution >= 4 is 0 Å². The van der Waals surface area contributed by atoms with Gasteiger partial charge < -0.3 is 5.73 Å². The summed E-state index contributed by atoms with van der Waals surface area (Å²) in [4.78, 5) is 0. The standard InChI is InChI=1S/C9H19N/c1-4-9(3)5-8(9)7(2)6-10/h7-8H,4-6,10H2,1-3H3. The number of nitrogens with two attached hydrogens (primary N) is 1. The highest BCUT2D eigenvalue weighted by atomic mass is 14.6. The molecule has 1 rings (SSSR count). The molecule has 0 saturated heterocycles. The maximum Gasteiger partial charge on any atom is -0.00486 e. The van der Waals surface area contributed by atoms with Crippen LogP contribution in [0.15, 0.2) is 0 Å². The SMILES string of the molecule is CCC1(C)CC1C(C)CN. The fourth-order valence-corrected chi connectivity index (χ4v) is 1.90. The van der Waals surface area contributed by atoms with Gasteiger partial charge in [0.15, 0.2) is 0 Å². The highest BCUT2D eigenvalue weighted by molar-refractivity contribution is 5.00. The van der Waals surface area contributed by atoms with Crippen molar-refractivity contribution in [2.45, 2.75) is 33.6 Å². The van der Waals surface area contributed by atoms with Gasteiger partial charge in [-0.05, 0) is 30.2 Å². The van der Waals surface area contributed by atoms with Gasteiger partial charge in [-0.2, -0.15) is 0 Å². The van der Waals surface area contributed by atoms with Crippen LogP contribution in [0.25, 0.3) is 0 Å². The second-order valence-corrected chi connectivity index (χ2v) is 4.03. The molecule has 0 aromatic rings. The summed E-state index contributed by atoms with van der Waals surface area (Å²) in [5.74, 6) is 1.66. The Morgan fingerprint density at radius 2 is 2.30 bits per heavy atom. The van der Waals surface area contributed by atoms with Crippen LogP contribution in [0.3, 0.4) is 0 Å². The lowest BCUT2D eigenvalue weighted by Gasteiger charge is -2.11. The van der Waals surface area contributed by atoms with Gasteiger partial charge in [0.25, 0.3) is 0 Å². The third-order valence-electron chi connectivity index (χ3n) is 3.29. The second-order valence-electron chi connectivity index (χ2n) is 4.03. The van der Waals surface area contributed by atoms with Crippen molar-refractivity contribution in [3.05, 3.63) is 0 Å². The van der Waals surface area contributed by atoms with Crippen LogP contribution in [0.4, 0.5) is 0 Å². The summed E-state index contributed by atoms with van der Waals surface area (Å²) in [5, 5.41) is 0. The van der Waals surface area contributed by atoms with Crippen LogP contribution in [0, 0.1) is 17.3 Å². The Balaban J connectivity index is 2.36. The van der Waals surface area contributed by atoms with E-state index >= 15 is 0 Å². The Morgan fingerprint density at radius 1 is 1.70 bits per heavy atom. The first-order chi connectivity index (χ1) is 4.64. The molecule has 1 nitrogen and oxygen atoms in total. The van der Waals surface area contributed by atoms with E-state index in [0.29, 0.717) is 5.41 Å². The molecule has 0 amide bonds. The average molecular weight is 141 g/mol. The van der Waals surface area contributed by atoms with E-state index in [1.54, 1.807) is 0 Å². The smallest absolute Gasteiger partial charge is 0.00486 e. The summed E-state index contributed by atoms with van der Waals surface area (Å²) in [7, 11) is 0. The Bertz CT molecular complexity index is 122. The van der Waals surface area contributed by atoms with Crippen molar-refractivity contribution in [1.29, 1.82) is 0 Å². The number of hydrogen-bond donors (Lipinski definition) is 1. The molecule has 1 fully saturated rings. The first-order valence-corrected chi connectivity index (χ1v) is 4.34. The molecule has 1 aliphatic carbocycles. The molecule has 0 heterocycles. The maximum atomic E-state index is 5.59. The molecule has 0 spiro atoms. The fraction of sp³-hybridized carbons (Fsp3) is 1.00. The molecule has 0 aliphatic heterocycles. The molecule has 3 atom stereocenters. The molecule has 0 aromatic heterocycles. The predicted octanol–water partition coefficient (Wildman–Crippen LogP) is 2.02. The summed E-state index contributed by atoms with van der Waals surface area (Å²) >= 11 is 0. The minimum Gasteiger partial charge on any atom is -0.330 e. The van der Waals surface area contributed by atoms with E-state index in [9.17, 15) is 0 Å². The molecule has 2 N–H and O–H groups in total. The maximum absolute atomic E-state index is 5.59. The van der Waals surface area contributed by atoms with Crippen LogP contribution in [-0.2, 0) is 0 Å². The van der Waals surface area contributed by atoms with Gasteiger partial charge in [-0.1, -0.05) is 27.2 Å². The minimum absolute atomic E-state index is 0.652. The van der Waals surface area contributed by atoms with Gasteiger partial charge >= 0.3 is 0 Å². The minimum atomic E-state index is 0.652. The molecule has 1 aliphatic rings. The molecule has 10 heavy (non-hydrogen) atoms. The van der Waals surface area contributed by atoms with Gasteiger partial charge in [0.2, 0.25) is 0 Å². The van der Waals surface area contributed by atoms with Crippen molar-refractivity contribution in [1.82, 2.24) is 0 Å². The zero-order valence-electron chi connectivity index (χ0n) is 7.35. The summed E-state index contributed by atoms with van der Waals surface area (Å²) in [5.41, 5.74) is 6.24. The Morgan fingerprint density at radius 3 is 2.60 bits per heavy atom. The summed E-state index contributed by atoms with van der Waals surface area (Å²) in [6.07, 6.45) is 2.73. The Hall–Kier alpha value is -0.0400. The molecule has 60 valence electrons. The van der Waals surface area contributed by atoms with Crippen LogP contribution in [0.5, 0.6) is 0 Å². The lowest BCUT2D eigenvalue weighted by atomic mass is 9.96. The molecule has 1 saturated carbocycles. The van der Waals surface area contributed by atoms with Crippen molar-refractivity contribution in [3.8, 4) is 0 Å². The van der Waals surface area contributed by atoms with Gasteiger partial charge in [0.1, 0.15) is 0 Å². The molecular weight excluding hydrogens is 122 g/mol. The van der Waals surface area contributed by atoms with Crippen molar-refractivity contribution in [2.75, 3.05) is 6.54 Å². The van der Waals surface area contributed by atoms with Crippen LogP contribution in [-0.4, -0.2) is 6.54 Å². The average Bonchev–Trinajstić information content (AvgIpc) is 2.62. The van der Waals surface area contributed by atoms with Crippen molar-refractivity contribution in [3.63, 3.8) is 0 Å². The second kappa shape index (κ2) is 2.54. The zero-order valence-corrected chi connectivity index (χ0v) is 7.35. The molecule has 3 unspecified atom stereocenters. The van der Waals surface area contributed by atoms with Gasteiger partial charge in [-0.15, -0.1) is 0 Å². The lowest BCUT2D eigenvalue weighted by molar-refractivity contribution is 0.396. The topological polar surface area (TPSA) is 26.0 Å². The van der Waals surface area contributed by atoms with E-state index in [1.807, 2.05) is 0 Å². The van der Waals surface area contributed by atoms with E-state index in [1.165, 1.54) is 12.8 Å². The van der Waals surface area contributed by atoms with Crippen LogP contribution >= 0.6 is 0 Å². The van der Waals surface area contributed by atoms with E-state index in [4.69, 9.17) is 5.73 Å². The van der Waals surface area contributed by atoms with Crippen LogP contribution in [0.1, 0.15) is 33.6 Å². The lowest BCUT2D eigenvalue weighted by Crippen LogP contribution is -2.15. The first kappa shape index (κ1) is 8.06. The molecule has 0 bridgehead atoms. The summed E-state index contributed by atoms with van der Waals surface area (Å²) in [6, 6.07) is 0. The predicted molar refractivity (Wildman–Crippen MR) is 44.7 cm³/mol. The Labute approximate surface area is 64.0 Å². The molecular formula is C9H19N. The summed E-state index contributed by atoms with van der Waals surface area (Å²) < 4.78 is 0. The highest BCUT2D eigenvalue weighted by Gasteiger charge is 2.50. The number of hydrogen-bond acceptors (Lipinski definition) is 1. The zero-order chi connectivity index (χ0) is 7.78. The third kappa shape index (κ3) is 1.20. The monoisotopic (exact) mass is 141 g/mol. The van der Waals surface area contributed by atoms with Crippen molar-refractivity contribution in [2.24, 2.45) is 23.0 Å². The third-order valence-corrected chi connectivity index (χ3v) is 3.29. The largest absolute Gasteiger partial charge is 0.330 e. The summed E-state index contributed by atoms with van der Waals surface area (Å²) in [6.45, 7) is 7.79. The van der Waals surface area contributed by atoms with E-state index in [0.717, 1.165) is 18.4 Å². The van der Waals surface area contributed by atoms with Crippen LogP contribution in [0.2, 0.25) is 0 Å². The highest BCUT2D eigenvalue weighted by Crippen LogP contribution is 2.58. The molecule has 0 radical (unpaired) electrons. The van der Waals surface area contributed by atoms with Gasteiger partial charge in [-0.3, -0.25) is 0 Å². The molecule has 1 heteroatoms. The number of rotatable bonds is 3. The Kier molecular flexibility index (Phi) is 2.04. The van der Waals surface area contributed by atoms with Gasteiger partial charge in [0.05, 0.1) is 0 Å². The normalized spacial score (nSPS) is 41.4. The van der Waals surface area contributed by atoms with Gasteiger partial charge in [-0.25, -0.2) is 0 Å². The van der Waals surface area contributed by atoms with Gasteiger partial charge in [0, 0.05) is 0 Å². The quantitative estimate of drug-likeness (QED) is 0.639. The van der Waals surface area contributed by atoms with E-state index in [2.05, 4.69) is 20.8 Å². The fourth-order valence-electron chi connectivity index (χ4n) is 1.90. The first-order valence-electron chi connectivity index (χ1n) is 4.34. The van der Waals surface area contributed by atoms with Crippen LogP contribution < -0.4 is 5.73 Å². The van der Waals surface area contributed by atoms with E-state index < -0.39 is 0 Å². The molecule has 0 aromatic carbocycles. The van der Waals surface area contributed by atoms with Crippen molar-refractivity contribution < 1.29 is 0 Å². The van der Waals surface area contributed by atoms with E-state index in [-0.39, 0.29) is 0 Å².